The third-order valence-corrected chi connectivity index (χ3v) is 2.83. The minimum absolute atomic E-state index is 0. The van der Waals surface area contributed by atoms with Crippen LogP contribution in [0.1, 0.15) is 11.1 Å². The molecule has 0 saturated carbocycles. The molecule has 0 fully saturated rings. The van der Waals surface area contributed by atoms with E-state index in [1.54, 1.807) is 24.3 Å². The number of nitriles is 2. The number of rotatable bonds is 0. The maximum Gasteiger partial charge on any atom is 0.101 e. The topological polar surface area (TPSA) is 47.6 Å². The van der Waals surface area contributed by atoms with E-state index in [1.807, 2.05) is 12.1 Å². The molecule has 98 valence electrons. The Morgan fingerprint density at radius 3 is 1.10 bits per heavy atom. The van der Waals surface area contributed by atoms with Gasteiger partial charge in [-0.3, -0.25) is 0 Å². The van der Waals surface area contributed by atoms with E-state index >= 15 is 0 Å². The first-order valence-corrected chi connectivity index (χ1v) is 6.18. The Bertz CT molecular complexity index is 699. The van der Waals surface area contributed by atoms with Crippen molar-refractivity contribution >= 4 is 21.7 Å². The summed E-state index contributed by atoms with van der Waals surface area (Å²) in [5.74, 6) is 0. The second-order valence-corrected chi connectivity index (χ2v) is 4.12. The van der Waals surface area contributed by atoms with Crippen LogP contribution in [0.2, 0.25) is 0 Å². The van der Waals surface area contributed by atoms with Gasteiger partial charge in [-0.25, -0.2) is 0 Å². The Morgan fingerprint density at radius 1 is 0.524 bits per heavy atom. The van der Waals surface area contributed by atoms with E-state index in [9.17, 15) is 0 Å². The van der Waals surface area contributed by atoms with Gasteiger partial charge in [0.05, 0.1) is 11.1 Å². The summed E-state index contributed by atoms with van der Waals surface area (Å²) in [7, 11) is 0. The third-order valence-electron chi connectivity index (χ3n) is 2.83. The molecule has 3 heteroatoms. The molecule has 0 unspecified atom stereocenters. The fraction of sp³-hybridized carbons (Fsp3) is 0. The summed E-state index contributed by atoms with van der Waals surface area (Å²) < 4.78 is 0. The van der Waals surface area contributed by atoms with Crippen LogP contribution in [0.5, 0.6) is 0 Å². The van der Waals surface area contributed by atoms with E-state index in [-0.39, 0.29) is 11.0 Å². The highest BCUT2D eigenvalue weighted by Crippen LogP contribution is 2.11. The van der Waals surface area contributed by atoms with Gasteiger partial charge in [-0.15, -0.1) is 0 Å². The largest absolute Gasteiger partial charge is 0.192 e. The van der Waals surface area contributed by atoms with Crippen molar-refractivity contribution in [1.82, 2.24) is 0 Å². The predicted octanol–water partition coefficient (Wildman–Crippen LogP) is 3.89. The Hall–Kier alpha value is -2.88. The zero-order chi connectivity index (χ0) is 14.2. The zero-order valence-electron chi connectivity index (χ0n) is 11.3. The van der Waals surface area contributed by atoms with Crippen LogP contribution < -0.4 is 0 Å². The molecule has 0 bridgehead atoms. The normalized spacial score (nSPS) is 8.48. The lowest BCUT2D eigenvalue weighted by molar-refractivity contribution is 1.43. The van der Waals surface area contributed by atoms with Crippen molar-refractivity contribution in [2.45, 2.75) is 0 Å². The number of hydrogen-bond acceptors (Lipinski definition) is 2. The van der Waals surface area contributed by atoms with E-state index < -0.39 is 0 Å². The lowest BCUT2D eigenvalue weighted by Crippen LogP contribution is -1.79. The van der Waals surface area contributed by atoms with Gasteiger partial charge >= 0.3 is 0 Å². The van der Waals surface area contributed by atoms with Crippen LogP contribution in [0.25, 0.3) is 10.8 Å². The Kier molecular flexibility index (Phi) is 6.41. The van der Waals surface area contributed by atoms with Gasteiger partial charge in [0.2, 0.25) is 0 Å². The fourth-order valence-corrected chi connectivity index (χ4v) is 1.81. The van der Waals surface area contributed by atoms with Crippen molar-refractivity contribution in [3.63, 3.8) is 0 Å². The number of nitrogens with zero attached hydrogens (tertiary/aromatic N) is 2. The number of benzene rings is 3. The molecule has 0 spiro atoms. The standard InChI is InChI=1S/C10H8.C8H4N2.Si/c1-2-6-10-8-4-3-7-9(10)5-1;9-5-7-3-1-2-4-8(7)6-10;/h1-8H;1-4H;. The van der Waals surface area contributed by atoms with Crippen LogP contribution in [-0.4, -0.2) is 11.0 Å². The monoisotopic (exact) mass is 284 g/mol. The summed E-state index contributed by atoms with van der Waals surface area (Å²) in [4.78, 5) is 0. The van der Waals surface area contributed by atoms with Crippen molar-refractivity contribution in [3.05, 3.63) is 83.9 Å². The summed E-state index contributed by atoms with van der Waals surface area (Å²) >= 11 is 0. The second kappa shape index (κ2) is 8.32. The first kappa shape index (κ1) is 16.2. The fourth-order valence-electron chi connectivity index (χ4n) is 1.81. The van der Waals surface area contributed by atoms with Crippen LogP contribution in [0.15, 0.2) is 72.8 Å². The van der Waals surface area contributed by atoms with Gasteiger partial charge in [-0.05, 0) is 22.9 Å². The molecule has 0 aliphatic rings. The molecular weight excluding hydrogens is 272 g/mol. The van der Waals surface area contributed by atoms with Gasteiger partial charge in [0.15, 0.2) is 0 Å². The second-order valence-electron chi connectivity index (χ2n) is 4.12. The number of fused-ring (bicyclic) bond motifs is 1. The smallest absolute Gasteiger partial charge is 0.101 e. The van der Waals surface area contributed by atoms with Crippen LogP contribution in [0, 0.1) is 22.7 Å². The van der Waals surface area contributed by atoms with Crippen LogP contribution >= 0.6 is 0 Å². The first-order valence-electron chi connectivity index (χ1n) is 6.18. The van der Waals surface area contributed by atoms with E-state index in [0.29, 0.717) is 11.1 Å². The molecule has 0 saturated heterocycles. The van der Waals surface area contributed by atoms with Crippen LogP contribution in [0.4, 0.5) is 0 Å². The maximum atomic E-state index is 8.45. The maximum absolute atomic E-state index is 8.45. The highest BCUT2D eigenvalue weighted by Gasteiger charge is 1.95. The van der Waals surface area contributed by atoms with Crippen molar-refractivity contribution < 1.29 is 0 Å². The molecule has 2 nitrogen and oxygen atoms in total. The molecule has 21 heavy (non-hydrogen) atoms. The van der Waals surface area contributed by atoms with E-state index in [0.717, 1.165) is 0 Å². The zero-order valence-corrected chi connectivity index (χ0v) is 12.3. The van der Waals surface area contributed by atoms with Gasteiger partial charge < -0.3 is 0 Å². The summed E-state index contributed by atoms with van der Waals surface area (Å²) in [6.45, 7) is 0. The van der Waals surface area contributed by atoms with Crippen LogP contribution in [0.3, 0.4) is 0 Å². The third kappa shape index (κ3) is 4.31. The predicted molar refractivity (Wildman–Crippen MR) is 85.6 cm³/mol. The quantitative estimate of drug-likeness (QED) is 0.588. The average Bonchev–Trinajstić information content (AvgIpc) is 2.55. The summed E-state index contributed by atoms with van der Waals surface area (Å²) in [6, 6.07) is 27.3. The van der Waals surface area contributed by atoms with Crippen molar-refractivity contribution in [2.24, 2.45) is 0 Å². The first-order chi connectivity index (χ1) is 9.85. The van der Waals surface area contributed by atoms with Gasteiger partial charge in [0, 0.05) is 11.0 Å². The molecule has 3 aromatic carbocycles. The van der Waals surface area contributed by atoms with Crippen molar-refractivity contribution in [2.75, 3.05) is 0 Å². The molecule has 0 N–H and O–H groups in total. The molecule has 0 heterocycles. The Labute approximate surface area is 128 Å². The Balaban J connectivity index is 0.000000200. The SMILES string of the molecule is N#Cc1ccccc1C#N.[Si].c1ccc2ccccc2c1. The average molecular weight is 284 g/mol. The van der Waals surface area contributed by atoms with Gasteiger partial charge in [0.1, 0.15) is 12.1 Å². The van der Waals surface area contributed by atoms with Crippen molar-refractivity contribution in [3.8, 4) is 12.1 Å². The molecule has 0 amide bonds. The van der Waals surface area contributed by atoms with E-state index in [1.165, 1.54) is 10.8 Å². The molecule has 4 radical (unpaired) electrons. The van der Waals surface area contributed by atoms with Crippen LogP contribution in [-0.2, 0) is 0 Å². The molecule has 3 rings (SSSR count). The molecule has 0 atom stereocenters. The molecular formula is C18H12N2Si. The van der Waals surface area contributed by atoms with Crippen molar-refractivity contribution in [1.29, 1.82) is 10.5 Å². The van der Waals surface area contributed by atoms with Gasteiger partial charge in [-0.2, -0.15) is 10.5 Å². The number of hydrogen-bond donors (Lipinski definition) is 0. The molecule has 0 aromatic heterocycles. The minimum atomic E-state index is 0. The summed E-state index contributed by atoms with van der Waals surface area (Å²) in [6.07, 6.45) is 0. The van der Waals surface area contributed by atoms with Gasteiger partial charge in [-0.1, -0.05) is 60.7 Å². The van der Waals surface area contributed by atoms with Gasteiger partial charge in [0.25, 0.3) is 0 Å². The highest BCUT2D eigenvalue weighted by atomic mass is 28.1. The Morgan fingerprint density at radius 2 is 0.810 bits per heavy atom. The molecule has 3 aromatic rings. The lowest BCUT2D eigenvalue weighted by atomic mass is 10.1. The highest BCUT2D eigenvalue weighted by molar-refractivity contribution is 5.82. The summed E-state index contributed by atoms with van der Waals surface area (Å²) in [5, 5.41) is 19.5. The lowest BCUT2D eigenvalue weighted by Gasteiger charge is -1.92. The van der Waals surface area contributed by atoms with E-state index in [2.05, 4.69) is 48.5 Å². The molecule has 0 aliphatic carbocycles. The van der Waals surface area contributed by atoms with E-state index in [4.69, 9.17) is 10.5 Å². The minimum Gasteiger partial charge on any atom is -0.192 e. The molecule has 0 aliphatic heterocycles. The summed E-state index contributed by atoms with van der Waals surface area (Å²) in [5.41, 5.74) is 0.870.